The number of hydrogen-bond acceptors (Lipinski definition) is 0. The van der Waals surface area contributed by atoms with Gasteiger partial charge in [-0.05, 0) is 31.2 Å². The van der Waals surface area contributed by atoms with Crippen molar-refractivity contribution in [3.8, 4) is 0 Å². The summed E-state index contributed by atoms with van der Waals surface area (Å²) in [7, 11) is 2.02. The van der Waals surface area contributed by atoms with Gasteiger partial charge < -0.3 is 4.57 Å². The maximum atomic E-state index is 5.82. The van der Waals surface area contributed by atoms with E-state index in [0.717, 1.165) is 5.02 Å². The Morgan fingerprint density at radius 3 is 2.28 bits per heavy atom. The first-order chi connectivity index (χ1) is 8.66. The van der Waals surface area contributed by atoms with Crippen LogP contribution in [-0.4, -0.2) is 4.57 Å². The molecule has 2 aromatic carbocycles. The van der Waals surface area contributed by atoms with Crippen molar-refractivity contribution in [3.05, 3.63) is 71.4 Å². The molecule has 0 aliphatic heterocycles. The lowest BCUT2D eigenvalue weighted by atomic mass is 10.2. The maximum Gasteiger partial charge on any atom is 0.0478 e. The summed E-state index contributed by atoms with van der Waals surface area (Å²) in [5.74, 6) is 0. The quantitative estimate of drug-likeness (QED) is 0.544. The Hall–Kier alpha value is -1.73. The molecule has 92 valence electrons. The molecular weight excluding hydrogens is 242 g/mol. The molecule has 18 heavy (non-hydrogen) atoms. The topological polar surface area (TPSA) is 4.93 Å². The summed E-state index contributed by atoms with van der Waals surface area (Å²) in [6, 6.07) is 18.2. The molecule has 0 saturated carbocycles. The molecule has 0 unspecified atom stereocenters. The molecule has 0 aliphatic rings. The Balaban J connectivity index is 0.000000149. The van der Waals surface area contributed by atoms with E-state index in [1.807, 2.05) is 49.6 Å². The van der Waals surface area contributed by atoms with E-state index >= 15 is 0 Å². The van der Waals surface area contributed by atoms with E-state index in [2.05, 4.69) is 29.7 Å². The van der Waals surface area contributed by atoms with Crippen LogP contribution in [0.5, 0.6) is 0 Å². The second-order valence-electron chi connectivity index (χ2n) is 4.28. The summed E-state index contributed by atoms with van der Waals surface area (Å²) in [6.07, 6.45) is 2.03. The van der Waals surface area contributed by atoms with Crippen LogP contribution in [0.4, 0.5) is 0 Å². The molecule has 0 aliphatic carbocycles. The molecule has 0 atom stereocenters. The van der Waals surface area contributed by atoms with Crippen molar-refractivity contribution >= 4 is 22.5 Å². The molecule has 0 N–H and O–H groups in total. The van der Waals surface area contributed by atoms with Crippen LogP contribution in [0.2, 0.25) is 5.02 Å². The first kappa shape index (κ1) is 12.7. The molecule has 1 aromatic heterocycles. The molecule has 0 spiro atoms. The van der Waals surface area contributed by atoms with E-state index in [1.54, 1.807) is 0 Å². The van der Waals surface area contributed by atoms with Crippen molar-refractivity contribution in [2.45, 2.75) is 6.92 Å². The summed E-state index contributed by atoms with van der Waals surface area (Å²) >= 11 is 5.82. The average Bonchev–Trinajstić information content (AvgIpc) is 2.72. The van der Waals surface area contributed by atoms with Crippen LogP contribution in [0.3, 0.4) is 0 Å². The molecule has 3 aromatic rings. The molecule has 1 nitrogen and oxygen atoms in total. The molecule has 0 saturated heterocycles. The van der Waals surface area contributed by atoms with Crippen LogP contribution in [0.25, 0.3) is 10.9 Å². The van der Waals surface area contributed by atoms with Gasteiger partial charge in [-0.3, -0.25) is 0 Å². The van der Waals surface area contributed by atoms with Gasteiger partial charge in [0.05, 0.1) is 0 Å². The molecule has 0 amide bonds. The molecular formula is C16H16ClN. The van der Waals surface area contributed by atoms with Gasteiger partial charge in [-0.2, -0.15) is 0 Å². The van der Waals surface area contributed by atoms with E-state index in [9.17, 15) is 0 Å². The van der Waals surface area contributed by atoms with E-state index in [-0.39, 0.29) is 0 Å². The lowest BCUT2D eigenvalue weighted by Crippen LogP contribution is -1.81. The Morgan fingerprint density at radius 1 is 0.944 bits per heavy atom. The predicted molar refractivity (Wildman–Crippen MR) is 79.1 cm³/mol. The Kier molecular flexibility index (Phi) is 4.06. The fourth-order valence-electron chi connectivity index (χ4n) is 1.79. The van der Waals surface area contributed by atoms with E-state index in [1.165, 1.54) is 16.5 Å². The molecule has 0 fully saturated rings. The lowest BCUT2D eigenvalue weighted by molar-refractivity contribution is 0.969. The summed E-state index contributed by atoms with van der Waals surface area (Å²) in [5.41, 5.74) is 2.54. The maximum absolute atomic E-state index is 5.82. The van der Waals surface area contributed by atoms with Crippen LogP contribution in [0.1, 0.15) is 5.56 Å². The number of aromatic nitrogens is 1. The summed E-state index contributed by atoms with van der Waals surface area (Å²) in [4.78, 5) is 0. The van der Waals surface area contributed by atoms with Gasteiger partial charge in [-0.15, -0.1) is 0 Å². The molecule has 2 heteroatoms. The van der Waals surface area contributed by atoms with E-state index in [0.29, 0.717) is 0 Å². The third-order valence-corrected chi connectivity index (χ3v) is 3.02. The number of aryl methyl sites for hydroxylation is 2. The lowest BCUT2D eigenvalue weighted by Gasteiger charge is -1.94. The van der Waals surface area contributed by atoms with Crippen molar-refractivity contribution in [3.63, 3.8) is 0 Å². The fourth-order valence-corrected chi connectivity index (χ4v) is 1.97. The van der Waals surface area contributed by atoms with Gasteiger partial charge in [0.2, 0.25) is 0 Å². The second kappa shape index (κ2) is 5.74. The second-order valence-corrected chi connectivity index (χ2v) is 4.72. The van der Waals surface area contributed by atoms with Gasteiger partial charge in [0, 0.05) is 29.2 Å². The fraction of sp³-hybridized carbons (Fsp3) is 0.125. The van der Waals surface area contributed by atoms with Crippen molar-refractivity contribution in [2.75, 3.05) is 0 Å². The number of benzene rings is 2. The van der Waals surface area contributed by atoms with Gasteiger partial charge >= 0.3 is 0 Å². The van der Waals surface area contributed by atoms with Crippen molar-refractivity contribution in [1.82, 2.24) is 4.57 Å². The average molecular weight is 258 g/mol. The monoisotopic (exact) mass is 257 g/mol. The zero-order chi connectivity index (χ0) is 13.0. The Labute approximate surface area is 113 Å². The minimum atomic E-state index is 0.795. The van der Waals surface area contributed by atoms with E-state index in [4.69, 9.17) is 11.6 Å². The number of hydrogen-bond donors (Lipinski definition) is 0. The zero-order valence-corrected chi connectivity index (χ0v) is 11.4. The highest BCUT2D eigenvalue weighted by Crippen LogP contribution is 2.19. The SMILES string of the molecule is Cc1ccccc1.Cn1ccc2cc(Cl)ccc21. The smallest absolute Gasteiger partial charge is 0.0478 e. The Bertz CT molecular complexity index is 626. The van der Waals surface area contributed by atoms with Gasteiger partial charge in [-0.1, -0.05) is 47.5 Å². The predicted octanol–water partition coefficient (Wildman–Crippen LogP) is 4.83. The molecule has 0 bridgehead atoms. The summed E-state index contributed by atoms with van der Waals surface area (Å²) < 4.78 is 2.08. The van der Waals surface area contributed by atoms with Crippen LogP contribution in [0.15, 0.2) is 60.8 Å². The standard InChI is InChI=1S/C9H8ClN.C7H8/c1-11-5-4-7-6-8(10)2-3-9(7)11;1-7-5-3-2-4-6-7/h2-6H,1H3;2-6H,1H3. The number of nitrogens with zero attached hydrogens (tertiary/aromatic N) is 1. The van der Waals surface area contributed by atoms with Crippen molar-refractivity contribution < 1.29 is 0 Å². The van der Waals surface area contributed by atoms with Crippen molar-refractivity contribution in [2.24, 2.45) is 7.05 Å². The zero-order valence-electron chi connectivity index (χ0n) is 10.6. The van der Waals surface area contributed by atoms with Gasteiger partial charge in [0.1, 0.15) is 0 Å². The first-order valence-electron chi connectivity index (χ1n) is 5.89. The van der Waals surface area contributed by atoms with Crippen LogP contribution in [-0.2, 0) is 7.05 Å². The highest BCUT2D eigenvalue weighted by Gasteiger charge is 1.96. The minimum Gasteiger partial charge on any atom is -0.351 e. The van der Waals surface area contributed by atoms with Crippen LogP contribution < -0.4 is 0 Å². The number of fused-ring (bicyclic) bond motifs is 1. The summed E-state index contributed by atoms with van der Waals surface area (Å²) in [5, 5.41) is 1.99. The van der Waals surface area contributed by atoms with Crippen LogP contribution in [0, 0.1) is 6.92 Å². The van der Waals surface area contributed by atoms with Crippen LogP contribution >= 0.6 is 11.6 Å². The Morgan fingerprint density at radius 2 is 1.67 bits per heavy atom. The number of halogens is 1. The largest absolute Gasteiger partial charge is 0.351 e. The molecule has 3 rings (SSSR count). The highest BCUT2D eigenvalue weighted by atomic mass is 35.5. The minimum absolute atomic E-state index is 0.795. The van der Waals surface area contributed by atoms with Gasteiger partial charge in [0.15, 0.2) is 0 Å². The molecule has 1 heterocycles. The van der Waals surface area contributed by atoms with Gasteiger partial charge in [0.25, 0.3) is 0 Å². The highest BCUT2D eigenvalue weighted by molar-refractivity contribution is 6.31. The normalized spacial score (nSPS) is 9.94. The third-order valence-electron chi connectivity index (χ3n) is 2.79. The first-order valence-corrected chi connectivity index (χ1v) is 6.27. The third kappa shape index (κ3) is 3.14. The van der Waals surface area contributed by atoms with E-state index < -0.39 is 0 Å². The summed E-state index contributed by atoms with van der Waals surface area (Å²) in [6.45, 7) is 2.08. The molecule has 0 radical (unpaired) electrons. The van der Waals surface area contributed by atoms with Gasteiger partial charge in [-0.25, -0.2) is 0 Å². The van der Waals surface area contributed by atoms with Crippen molar-refractivity contribution in [1.29, 1.82) is 0 Å². The number of rotatable bonds is 0.